The summed E-state index contributed by atoms with van der Waals surface area (Å²) in [4.78, 5) is 24.8. The summed E-state index contributed by atoms with van der Waals surface area (Å²) >= 11 is 38.3. The molecule has 2 aliphatic rings. The Labute approximate surface area is 295 Å². The van der Waals surface area contributed by atoms with Crippen LogP contribution in [0.4, 0.5) is 0 Å². The molecule has 0 spiro atoms. The van der Waals surface area contributed by atoms with Crippen LogP contribution in [-0.2, 0) is 0 Å². The van der Waals surface area contributed by atoms with E-state index in [4.69, 9.17) is 50.8 Å². The Morgan fingerprint density at radius 1 is 0.829 bits per heavy atom. The maximum Gasteiger partial charge on any atom is 0.337 e. The van der Waals surface area contributed by atoms with Crippen LogP contribution in [0.5, 0.6) is 5.75 Å². The van der Waals surface area contributed by atoms with Crippen LogP contribution in [0, 0.1) is 0 Å². The Morgan fingerprint density at radius 2 is 1.40 bits per heavy atom. The van der Waals surface area contributed by atoms with E-state index in [2.05, 4.69) is 63.7 Å². The number of benzene rings is 3. The summed E-state index contributed by atoms with van der Waals surface area (Å²) in [7, 11) is 0. The minimum atomic E-state index is -1.41. The van der Waals surface area contributed by atoms with Crippen molar-refractivity contribution >= 4 is 186 Å². The Bertz CT molecular complexity index is 1580. The van der Waals surface area contributed by atoms with Crippen LogP contribution in [-0.4, -0.2) is 75.3 Å². The summed E-state index contributed by atoms with van der Waals surface area (Å²) in [5, 5.41) is 19.9. The van der Waals surface area contributed by atoms with Crippen molar-refractivity contribution in [3.63, 3.8) is 0 Å². The molecule has 0 amide bonds. The minimum Gasteiger partial charge on any atom is -0.505 e. The number of rotatable bonds is 2. The van der Waals surface area contributed by atoms with Gasteiger partial charge in [0.2, 0.25) is 5.43 Å². The normalized spacial score (nSPS) is 10.9. The van der Waals surface area contributed by atoms with Gasteiger partial charge in [0.1, 0.15) is 14.7 Å². The van der Waals surface area contributed by atoms with E-state index in [1.54, 1.807) is 0 Å². The zero-order valence-electron chi connectivity index (χ0n) is 17.3. The Morgan fingerprint density at radius 3 is 1.97 bits per heavy atom. The molecular formula is C20H4Br4Cl4Na2O5. The number of phenols is 1. The number of fused-ring (bicyclic) bond motifs is 2. The standard InChI is InChI=1S/C20H4Br4Cl4O5.2Na/c21-5-1-3-7(8-9(20(31)32)13(26)15(28)14(27)12(8)25)4-2-6(22)17(30)11(24)19(4)33-18(3)10(23)16(5)29;;/h1-2,29H,(H,31,32);;. The SMILES string of the molecule is O=C(O)c1c(Cl)c(Cl)c(Cl)c(Cl)c1-c1c2cc(Br)c(=O)c(Br)c-2oc2c(Br)c(O)c(Br)cc12.[Na].[Na]. The van der Waals surface area contributed by atoms with E-state index in [1.165, 1.54) is 12.1 Å². The number of aromatic carboxylic acids is 1. The largest absolute Gasteiger partial charge is 0.505 e. The van der Waals surface area contributed by atoms with Gasteiger partial charge in [-0.05, 0) is 75.9 Å². The Kier molecular flexibility index (Phi) is 11.5. The van der Waals surface area contributed by atoms with Gasteiger partial charge in [0.25, 0.3) is 0 Å². The first-order chi connectivity index (χ1) is 15.4. The molecule has 15 heteroatoms. The van der Waals surface area contributed by atoms with E-state index in [1.807, 2.05) is 0 Å². The fraction of sp³-hybridized carbons (Fsp3) is 0. The van der Waals surface area contributed by atoms with Gasteiger partial charge >= 0.3 is 5.97 Å². The van der Waals surface area contributed by atoms with Crippen molar-refractivity contribution in [2.24, 2.45) is 0 Å². The molecule has 2 radical (unpaired) electrons. The van der Waals surface area contributed by atoms with E-state index in [9.17, 15) is 19.8 Å². The van der Waals surface area contributed by atoms with Crippen LogP contribution >= 0.6 is 110 Å². The van der Waals surface area contributed by atoms with Gasteiger partial charge in [0, 0.05) is 81.2 Å². The summed E-state index contributed by atoms with van der Waals surface area (Å²) in [6, 6.07) is 2.98. The minimum absolute atomic E-state index is 0. The average Bonchev–Trinajstić information content (AvgIpc) is 2.76. The maximum absolute atomic E-state index is 12.6. The van der Waals surface area contributed by atoms with Gasteiger partial charge in [-0.1, -0.05) is 46.4 Å². The predicted octanol–water partition coefficient (Wildman–Crippen LogP) is 8.87. The second-order valence-corrected chi connectivity index (χ2v) is 11.4. The molecule has 1 aliphatic carbocycles. The number of carboxylic acid groups (broad SMARTS) is 1. The third kappa shape index (κ3) is 5.44. The molecule has 0 atom stereocenters. The number of halogens is 8. The molecule has 0 saturated heterocycles. The Hall–Kier alpha value is 1.48. The molecule has 1 heterocycles. The van der Waals surface area contributed by atoms with Crippen LogP contribution in [0.15, 0.2) is 39.2 Å². The third-order valence-electron chi connectivity index (χ3n) is 4.75. The van der Waals surface area contributed by atoms with Gasteiger partial charge in [-0.3, -0.25) is 4.79 Å². The van der Waals surface area contributed by atoms with Crippen molar-refractivity contribution in [3.05, 3.63) is 65.9 Å². The van der Waals surface area contributed by atoms with Gasteiger partial charge in [-0.25, -0.2) is 4.79 Å². The van der Waals surface area contributed by atoms with Crippen molar-refractivity contribution in [2.45, 2.75) is 0 Å². The molecule has 1 aliphatic heterocycles. The molecule has 0 unspecified atom stereocenters. The van der Waals surface area contributed by atoms with Crippen LogP contribution < -0.4 is 5.43 Å². The van der Waals surface area contributed by atoms with Gasteiger partial charge in [-0.2, -0.15) is 0 Å². The molecule has 0 bridgehead atoms. The van der Waals surface area contributed by atoms with Gasteiger partial charge in [0.05, 0.1) is 34.6 Å². The molecule has 2 aromatic carbocycles. The van der Waals surface area contributed by atoms with E-state index >= 15 is 0 Å². The van der Waals surface area contributed by atoms with Crippen molar-refractivity contribution in [2.75, 3.05) is 0 Å². The summed E-state index contributed by atoms with van der Waals surface area (Å²) < 4.78 is 6.64. The first-order valence-corrected chi connectivity index (χ1v) is 13.1. The number of hydrogen-bond donors (Lipinski definition) is 2. The average molecular weight is 832 g/mol. The second-order valence-electron chi connectivity index (χ2n) is 6.56. The monoisotopic (exact) mass is 826 g/mol. The fourth-order valence-corrected chi connectivity index (χ4v) is 6.76. The summed E-state index contributed by atoms with van der Waals surface area (Å²) in [6.07, 6.45) is 0. The number of carbonyl (C=O) groups is 1. The smallest absolute Gasteiger partial charge is 0.337 e. The summed E-state index contributed by atoms with van der Waals surface area (Å²) in [5.74, 6) is -1.51. The van der Waals surface area contributed by atoms with Crippen molar-refractivity contribution in [1.82, 2.24) is 0 Å². The molecular weight excluding hydrogens is 828 g/mol. The summed E-state index contributed by atoms with van der Waals surface area (Å²) in [5.41, 5.74) is -0.206. The van der Waals surface area contributed by atoms with E-state index in [0.717, 1.165) is 0 Å². The molecule has 5 nitrogen and oxygen atoms in total. The summed E-state index contributed by atoms with van der Waals surface area (Å²) in [6.45, 7) is 0. The zero-order chi connectivity index (χ0) is 24.5. The van der Waals surface area contributed by atoms with Crippen molar-refractivity contribution in [1.29, 1.82) is 0 Å². The van der Waals surface area contributed by atoms with E-state index in [-0.39, 0.29) is 125 Å². The first kappa shape index (κ1) is 32.7. The molecule has 4 rings (SSSR count). The van der Waals surface area contributed by atoms with E-state index < -0.39 is 17.0 Å². The quantitative estimate of drug-likeness (QED) is 0.0913. The fourth-order valence-electron chi connectivity index (χ4n) is 3.33. The van der Waals surface area contributed by atoms with Crippen LogP contribution in [0.25, 0.3) is 33.4 Å². The number of phenolic OH excluding ortho intramolecular Hbond substituents is 1. The first-order valence-electron chi connectivity index (χ1n) is 8.43. The predicted molar refractivity (Wildman–Crippen MR) is 156 cm³/mol. The molecule has 0 aromatic heterocycles. The molecule has 35 heavy (non-hydrogen) atoms. The molecule has 2 N–H and O–H groups in total. The Balaban J connectivity index is 0.00000216. The number of aromatic hydroxyl groups is 1. The number of carboxylic acids is 1. The van der Waals surface area contributed by atoms with Gasteiger partial charge in [-0.15, -0.1) is 0 Å². The van der Waals surface area contributed by atoms with Crippen LogP contribution in [0.2, 0.25) is 20.1 Å². The molecule has 172 valence electrons. The second kappa shape index (κ2) is 12.3. The van der Waals surface area contributed by atoms with Gasteiger partial charge in [0.15, 0.2) is 11.3 Å². The third-order valence-corrected chi connectivity index (χ3v) is 9.21. The topological polar surface area (TPSA) is 87.7 Å². The van der Waals surface area contributed by atoms with Crippen molar-refractivity contribution < 1.29 is 19.4 Å². The molecule has 0 saturated carbocycles. The van der Waals surface area contributed by atoms with Crippen LogP contribution in [0.1, 0.15) is 10.4 Å². The van der Waals surface area contributed by atoms with Gasteiger partial charge < -0.3 is 14.6 Å². The van der Waals surface area contributed by atoms with Crippen LogP contribution in [0.3, 0.4) is 0 Å². The van der Waals surface area contributed by atoms with E-state index in [0.29, 0.717) is 10.9 Å². The maximum atomic E-state index is 12.6. The molecule has 2 aromatic rings. The zero-order valence-corrected chi connectivity index (χ0v) is 30.7. The number of hydrogen-bond acceptors (Lipinski definition) is 4. The van der Waals surface area contributed by atoms with Crippen molar-refractivity contribution in [3.8, 4) is 28.2 Å². The molecule has 0 fully saturated rings.